The molecule has 2 aromatic rings. The van der Waals surface area contributed by atoms with E-state index in [0.717, 1.165) is 5.69 Å². The van der Waals surface area contributed by atoms with Gasteiger partial charge < -0.3 is 10.6 Å². The van der Waals surface area contributed by atoms with Gasteiger partial charge in [0.2, 0.25) is 0 Å². The van der Waals surface area contributed by atoms with E-state index in [1.165, 1.54) is 0 Å². The number of rotatable bonds is 5. The van der Waals surface area contributed by atoms with Crippen molar-refractivity contribution in [3.8, 4) is 0 Å². The summed E-state index contributed by atoms with van der Waals surface area (Å²) in [5.41, 5.74) is 1.46. The fourth-order valence-corrected chi connectivity index (χ4v) is 1.83. The van der Waals surface area contributed by atoms with Gasteiger partial charge in [-0.1, -0.05) is 13.8 Å². The molecule has 0 spiro atoms. The topological polar surface area (TPSA) is 84.7 Å². The summed E-state index contributed by atoms with van der Waals surface area (Å²) < 4.78 is 1.60. The maximum Gasteiger partial charge on any atom is 0.251 e. The van der Waals surface area contributed by atoms with Gasteiger partial charge in [0.25, 0.3) is 5.91 Å². The van der Waals surface area contributed by atoms with E-state index < -0.39 is 0 Å². The lowest BCUT2D eigenvalue weighted by molar-refractivity contribution is 0.0949. The zero-order valence-corrected chi connectivity index (χ0v) is 12.7. The second kappa shape index (κ2) is 6.34. The lowest BCUT2D eigenvalue weighted by Crippen LogP contribution is -2.24. The average Bonchev–Trinajstić information content (AvgIpc) is 2.89. The molecule has 2 rings (SSSR count). The number of anilines is 1. The Morgan fingerprint density at radius 2 is 2.14 bits per heavy atom. The van der Waals surface area contributed by atoms with E-state index in [4.69, 9.17) is 0 Å². The molecule has 0 aliphatic rings. The number of pyridine rings is 1. The van der Waals surface area contributed by atoms with Crippen LogP contribution in [0.5, 0.6) is 0 Å². The number of hydrogen-bond donors (Lipinski definition) is 2. The third-order valence-corrected chi connectivity index (χ3v) is 3.01. The fraction of sp³-hybridized carbons (Fsp3) is 0.429. The zero-order chi connectivity index (χ0) is 15.4. The zero-order valence-electron chi connectivity index (χ0n) is 12.7. The van der Waals surface area contributed by atoms with Gasteiger partial charge in [-0.3, -0.25) is 9.48 Å². The number of nitrogens with zero attached hydrogens (tertiary/aromatic N) is 4. The fourth-order valence-electron chi connectivity index (χ4n) is 1.83. The van der Waals surface area contributed by atoms with Crippen LogP contribution in [-0.2, 0) is 13.6 Å². The molecule has 0 unspecified atom stereocenters. The SMILES string of the molecule is CNc1cc(C(=O)NCc2ncn(C)n2)cc(C(C)C)n1. The van der Waals surface area contributed by atoms with Gasteiger partial charge in [0.15, 0.2) is 5.82 Å². The highest BCUT2D eigenvalue weighted by Crippen LogP contribution is 2.17. The maximum atomic E-state index is 12.2. The van der Waals surface area contributed by atoms with Crippen LogP contribution in [0.3, 0.4) is 0 Å². The van der Waals surface area contributed by atoms with Crippen molar-refractivity contribution in [2.75, 3.05) is 12.4 Å². The van der Waals surface area contributed by atoms with Gasteiger partial charge >= 0.3 is 0 Å². The molecule has 112 valence electrons. The summed E-state index contributed by atoms with van der Waals surface area (Å²) >= 11 is 0. The predicted molar refractivity (Wildman–Crippen MR) is 80.0 cm³/mol. The summed E-state index contributed by atoms with van der Waals surface area (Å²) in [4.78, 5) is 20.7. The van der Waals surface area contributed by atoms with Crippen molar-refractivity contribution in [3.05, 3.63) is 35.5 Å². The quantitative estimate of drug-likeness (QED) is 0.866. The molecule has 0 saturated carbocycles. The number of hydrogen-bond acceptors (Lipinski definition) is 5. The Hall–Kier alpha value is -2.44. The highest BCUT2D eigenvalue weighted by atomic mass is 16.1. The largest absolute Gasteiger partial charge is 0.373 e. The smallest absolute Gasteiger partial charge is 0.251 e. The lowest BCUT2D eigenvalue weighted by Gasteiger charge is -2.10. The van der Waals surface area contributed by atoms with Crippen molar-refractivity contribution in [1.29, 1.82) is 0 Å². The third kappa shape index (κ3) is 3.77. The molecule has 0 aromatic carbocycles. The van der Waals surface area contributed by atoms with Crippen molar-refractivity contribution in [2.45, 2.75) is 26.3 Å². The first-order chi connectivity index (χ1) is 9.99. The summed E-state index contributed by atoms with van der Waals surface area (Å²) in [7, 11) is 3.57. The molecule has 2 N–H and O–H groups in total. The Morgan fingerprint density at radius 3 is 2.71 bits per heavy atom. The van der Waals surface area contributed by atoms with Crippen molar-refractivity contribution >= 4 is 11.7 Å². The lowest BCUT2D eigenvalue weighted by atomic mass is 10.1. The first-order valence-electron chi connectivity index (χ1n) is 6.82. The molecule has 0 aliphatic carbocycles. The van der Waals surface area contributed by atoms with Crippen LogP contribution in [0, 0.1) is 0 Å². The molecule has 7 heteroatoms. The summed E-state index contributed by atoms with van der Waals surface area (Å²) in [6.07, 6.45) is 1.60. The first kappa shape index (κ1) is 15.0. The molecule has 0 fully saturated rings. The Balaban J connectivity index is 2.12. The van der Waals surface area contributed by atoms with Gasteiger partial charge in [-0.25, -0.2) is 9.97 Å². The van der Waals surface area contributed by atoms with Crippen LogP contribution in [0.4, 0.5) is 5.82 Å². The Bertz CT molecular complexity index is 634. The highest BCUT2D eigenvalue weighted by molar-refractivity contribution is 5.94. The van der Waals surface area contributed by atoms with E-state index in [9.17, 15) is 4.79 Å². The molecule has 1 amide bonds. The van der Waals surface area contributed by atoms with Gasteiger partial charge in [0.05, 0.1) is 6.54 Å². The van der Waals surface area contributed by atoms with E-state index in [0.29, 0.717) is 23.8 Å². The standard InChI is InChI=1S/C14H20N6O/c1-9(2)11-5-10(6-12(15-3)18-11)14(21)16-7-13-17-8-20(4)19-13/h5-6,8-9H,7H2,1-4H3,(H,15,18)(H,16,21). The molecule has 0 bridgehead atoms. The van der Waals surface area contributed by atoms with E-state index in [1.54, 1.807) is 31.2 Å². The minimum absolute atomic E-state index is 0.164. The summed E-state index contributed by atoms with van der Waals surface area (Å²) in [6, 6.07) is 3.54. The predicted octanol–water partition coefficient (Wildman–Crippen LogP) is 1.31. The monoisotopic (exact) mass is 288 g/mol. The molecule has 0 aliphatic heterocycles. The average molecular weight is 288 g/mol. The number of carbonyl (C=O) groups excluding carboxylic acids is 1. The van der Waals surface area contributed by atoms with Gasteiger partial charge in [-0.05, 0) is 18.1 Å². The summed E-state index contributed by atoms with van der Waals surface area (Å²) in [5, 5.41) is 9.91. The van der Waals surface area contributed by atoms with E-state index >= 15 is 0 Å². The summed E-state index contributed by atoms with van der Waals surface area (Å²) in [6.45, 7) is 4.39. The van der Waals surface area contributed by atoms with Crippen molar-refractivity contribution in [1.82, 2.24) is 25.1 Å². The third-order valence-electron chi connectivity index (χ3n) is 3.01. The molecule has 21 heavy (non-hydrogen) atoms. The number of aromatic nitrogens is 4. The van der Waals surface area contributed by atoms with E-state index in [-0.39, 0.29) is 11.8 Å². The molecule has 0 saturated heterocycles. The van der Waals surface area contributed by atoms with Crippen molar-refractivity contribution < 1.29 is 4.79 Å². The minimum atomic E-state index is -0.164. The van der Waals surface area contributed by atoms with Crippen LogP contribution in [0.1, 0.15) is 41.6 Å². The minimum Gasteiger partial charge on any atom is -0.373 e. The van der Waals surface area contributed by atoms with E-state index in [1.807, 2.05) is 19.9 Å². The van der Waals surface area contributed by atoms with Crippen LogP contribution >= 0.6 is 0 Å². The van der Waals surface area contributed by atoms with Crippen molar-refractivity contribution in [3.63, 3.8) is 0 Å². The molecule has 0 atom stereocenters. The van der Waals surface area contributed by atoms with Gasteiger partial charge in [-0.15, -0.1) is 0 Å². The number of amides is 1. The molecule has 0 radical (unpaired) electrons. The summed E-state index contributed by atoms with van der Waals surface area (Å²) in [5.74, 6) is 1.35. The van der Waals surface area contributed by atoms with Gasteiger partial charge in [0, 0.05) is 25.4 Å². The molecular formula is C14H20N6O. The van der Waals surface area contributed by atoms with Crippen LogP contribution in [0.2, 0.25) is 0 Å². The number of nitrogens with one attached hydrogen (secondary N) is 2. The van der Waals surface area contributed by atoms with Crippen LogP contribution in [-0.4, -0.2) is 32.7 Å². The highest BCUT2D eigenvalue weighted by Gasteiger charge is 2.12. The molecule has 2 aromatic heterocycles. The van der Waals surface area contributed by atoms with Crippen molar-refractivity contribution in [2.24, 2.45) is 7.05 Å². The molecule has 2 heterocycles. The van der Waals surface area contributed by atoms with Crippen LogP contribution in [0.15, 0.2) is 18.5 Å². The number of carbonyl (C=O) groups is 1. The van der Waals surface area contributed by atoms with Crippen LogP contribution < -0.4 is 10.6 Å². The first-order valence-corrected chi connectivity index (χ1v) is 6.82. The maximum absolute atomic E-state index is 12.2. The normalized spacial score (nSPS) is 10.7. The molecular weight excluding hydrogens is 268 g/mol. The number of aryl methyl sites for hydroxylation is 1. The Labute approximate surface area is 123 Å². The Morgan fingerprint density at radius 1 is 1.38 bits per heavy atom. The van der Waals surface area contributed by atoms with Crippen LogP contribution in [0.25, 0.3) is 0 Å². The molecule has 7 nitrogen and oxygen atoms in total. The van der Waals surface area contributed by atoms with Gasteiger partial charge in [-0.2, -0.15) is 5.10 Å². The van der Waals surface area contributed by atoms with Gasteiger partial charge in [0.1, 0.15) is 12.1 Å². The second-order valence-corrected chi connectivity index (χ2v) is 5.09. The van der Waals surface area contributed by atoms with E-state index in [2.05, 4.69) is 25.7 Å². The second-order valence-electron chi connectivity index (χ2n) is 5.09. The Kier molecular flexibility index (Phi) is 4.52.